The quantitative estimate of drug-likeness (QED) is 0.613. The maximum Gasteiger partial charge on any atom is 0.240 e. The van der Waals surface area contributed by atoms with Crippen LogP contribution in [0.1, 0.15) is 18.1 Å². The first-order valence-corrected chi connectivity index (χ1v) is 7.57. The second kappa shape index (κ2) is 7.20. The van der Waals surface area contributed by atoms with Crippen LogP contribution in [0.3, 0.4) is 0 Å². The van der Waals surface area contributed by atoms with Gasteiger partial charge in [-0.15, -0.1) is 0 Å². The van der Waals surface area contributed by atoms with Crippen LogP contribution in [0.15, 0.2) is 35.2 Å². The zero-order valence-electron chi connectivity index (χ0n) is 11.6. The van der Waals surface area contributed by atoms with Crippen molar-refractivity contribution in [2.45, 2.75) is 18.7 Å². The number of nitrogens with zero attached hydrogens (tertiary/aromatic N) is 1. The van der Waals surface area contributed by atoms with Crippen LogP contribution >= 0.6 is 0 Å². The topological polar surface area (TPSA) is 79.2 Å². The summed E-state index contributed by atoms with van der Waals surface area (Å²) in [4.78, 5) is 0.122. The number of benzene rings is 1. The third kappa shape index (κ3) is 4.78. The van der Waals surface area contributed by atoms with Crippen molar-refractivity contribution in [3.8, 4) is 6.07 Å². The molecule has 0 atom stereocenters. The molecule has 0 radical (unpaired) electrons. The molecule has 20 heavy (non-hydrogen) atoms. The van der Waals surface area contributed by atoms with Gasteiger partial charge in [0.2, 0.25) is 10.0 Å². The Balaban J connectivity index is 2.70. The molecule has 0 saturated carbocycles. The van der Waals surface area contributed by atoms with E-state index in [1.54, 1.807) is 19.1 Å². The normalized spacial score (nSPS) is 11.1. The Morgan fingerprint density at radius 2 is 2.20 bits per heavy atom. The van der Waals surface area contributed by atoms with Gasteiger partial charge in [-0.1, -0.05) is 18.2 Å². The smallest absolute Gasteiger partial charge is 0.240 e. The first-order valence-electron chi connectivity index (χ1n) is 6.09. The summed E-state index contributed by atoms with van der Waals surface area (Å²) in [6.07, 6.45) is 0. The summed E-state index contributed by atoms with van der Waals surface area (Å²) in [5.74, 6) is 0. The van der Waals surface area contributed by atoms with Crippen LogP contribution in [0, 0.1) is 18.3 Å². The zero-order chi connectivity index (χ0) is 15.2. The van der Waals surface area contributed by atoms with Crippen molar-refractivity contribution in [3.05, 3.63) is 41.5 Å². The Kier molecular flexibility index (Phi) is 5.89. The lowest BCUT2D eigenvalue weighted by molar-refractivity contribution is 0.162. The fourth-order valence-corrected chi connectivity index (χ4v) is 2.81. The molecule has 0 aliphatic rings. The zero-order valence-corrected chi connectivity index (χ0v) is 12.5. The molecule has 0 heterocycles. The van der Waals surface area contributed by atoms with Gasteiger partial charge >= 0.3 is 0 Å². The van der Waals surface area contributed by atoms with E-state index in [-0.39, 0.29) is 18.0 Å². The van der Waals surface area contributed by atoms with E-state index in [1.807, 2.05) is 13.0 Å². The first-order chi connectivity index (χ1) is 9.36. The van der Waals surface area contributed by atoms with Gasteiger partial charge in [0.05, 0.1) is 29.7 Å². The van der Waals surface area contributed by atoms with Gasteiger partial charge in [0.1, 0.15) is 0 Å². The highest BCUT2D eigenvalue weighted by Crippen LogP contribution is 2.16. The van der Waals surface area contributed by atoms with Crippen molar-refractivity contribution in [2.75, 3.05) is 19.8 Å². The van der Waals surface area contributed by atoms with Gasteiger partial charge in [-0.05, 0) is 31.5 Å². The van der Waals surface area contributed by atoms with Crippen LogP contribution < -0.4 is 4.72 Å². The maximum atomic E-state index is 12.1. The molecular formula is C14H18N2O3S. The van der Waals surface area contributed by atoms with E-state index < -0.39 is 10.0 Å². The van der Waals surface area contributed by atoms with Gasteiger partial charge in [0, 0.05) is 6.54 Å². The number of nitrogens with one attached hydrogen (secondary N) is 1. The van der Waals surface area contributed by atoms with E-state index in [1.165, 1.54) is 6.07 Å². The molecule has 1 rings (SSSR count). The third-order valence-electron chi connectivity index (χ3n) is 2.49. The SMILES string of the molecule is C=C(C)COCCNS(=O)(=O)c1cc(C#N)ccc1C. The van der Waals surface area contributed by atoms with Crippen molar-refractivity contribution in [1.82, 2.24) is 4.72 Å². The first kappa shape index (κ1) is 16.4. The van der Waals surface area contributed by atoms with Crippen molar-refractivity contribution in [2.24, 2.45) is 0 Å². The second-order valence-electron chi connectivity index (χ2n) is 4.50. The van der Waals surface area contributed by atoms with Crippen molar-refractivity contribution in [1.29, 1.82) is 5.26 Å². The number of rotatable bonds is 7. The average Bonchev–Trinajstić information content (AvgIpc) is 2.38. The number of sulfonamides is 1. The fraction of sp³-hybridized carbons (Fsp3) is 0.357. The summed E-state index contributed by atoms with van der Waals surface area (Å²) in [6, 6.07) is 6.50. The highest BCUT2D eigenvalue weighted by atomic mass is 32.2. The average molecular weight is 294 g/mol. The van der Waals surface area contributed by atoms with Crippen LogP contribution in [0.2, 0.25) is 0 Å². The molecule has 6 heteroatoms. The molecule has 0 amide bonds. The Labute approximate surface area is 119 Å². The monoisotopic (exact) mass is 294 g/mol. The highest BCUT2D eigenvalue weighted by Gasteiger charge is 2.16. The lowest BCUT2D eigenvalue weighted by Crippen LogP contribution is -2.28. The van der Waals surface area contributed by atoms with E-state index >= 15 is 0 Å². The summed E-state index contributed by atoms with van der Waals surface area (Å²) < 4.78 is 31.9. The summed E-state index contributed by atoms with van der Waals surface area (Å²) in [5.41, 5.74) is 1.79. The van der Waals surface area contributed by atoms with E-state index in [0.29, 0.717) is 17.7 Å². The Morgan fingerprint density at radius 3 is 2.80 bits per heavy atom. The lowest BCUT2D eigenvalue weighted by atomic mass is 10.2. The predicted octanol–water partition coefficient (Wildman–Crippen LogP) is 1.74. The van der Waals surface area contributed by atoms with Gasteiger partial charge in [-0.25, -0.2) is 13.1 Å². The molecule has 0 unspecified atom stereocenters. The summed E-state index contributed by atoms with van der Waals surface area (Å²) in [7, 11) is -3.63. The highest BCUT2D eigenvalue weighted by molar-refractivity contribution is 7.89. The molecular weight excluding hydrogens is 276 g/mol. The van der Waals surface area contributed by atoms with Crippen LogP contribution in [-0.2, 0) is 14.8 Å². The number of aryl methyl sites for hydroxylation is 1. The molecule has 1 aromatic carbocycles. The molecule has 1 aromatic rings. The van der Waals surface area contributed by atoms with Crippen LogP contribution in [0.5, 0.6) is 0 Å². The Bertz CT molecular complexity index is 630. The van der Waals surface area contributed by atoms with Crippen molar-refractivity contribution < 1.29 is 13.2 Å². The van der Waals surface area contributed by atoms with E-state index in [0.717, 1.165) is 5.57 Å². The molecule has 0 aliphatic heterocycles. The minimum absolute atomic E-state index is 0.122. The van der Waals surface area contributed by atoms with Crippen molar-refractivity contribution in [3.63, 3.8) is 0 Å². The molecule has 0 saturated heterocycles. The van der Waals surface area contributed by atoms with Gasteiger partial charge in [-0.3, -0.25) is 0 Å². The minimum atomic E-state index is -3.63. The largest absolute Gasteiger partial charge is 0.376 e. The van der Waals surface area contributed by atoms with Crippen molar-refractivity contribution >= 4 is 10.0 Å². The predicted molar refractivity (Wildman–Crippen MR) is 76.7 cm³/mol. The van der Waals surface area contributed by atoms with E-state index in [9.17, 15) is 8.42 Å². The summed E-state index contributed by atoms with van der Waals surface area (Å²) >= 11 is 0. The summed E-state index contributed by atoms with van der Waals surface area (Å²) in [5, 5.41) is 8.82. The molecule has 0 bridgehead atoms. The molecule has 108 valence electrons. The summed E-state index contributed by atoms with van der Waals surface area (Å²) in [6.45, 7) is 8.05. The third-order valence-corrected chi connectivity index (χ3v) is 4.10. The number of hydrogen-bond acceptors (Lipinski definition) is 4. The Morgan fingerprint density at radius 1 is 1.50 bits per heavy atom. The van der Waals surface area contributed by atoms with Crippen LogP contribution in [-0.4, -0.2) is 28.2 Å². The molecule has 0 aromatic heterocycles. The van der Waals surface area contributed by atoms with Gasteiger partial charge in [-0.2, -0.15) is 5.26 Å². The molecule has 0 aliphatic carbocycles. The molecule has 0 fully saturated rings. The fourth-order valence-electron chi connectivity index (χ4n) is 1.53. The number of ether oxygens (including phenoxy) is 1. The number of nitriles is 1. The molecule has 5 nitrogen and oxygen atoms in total. The minimum Gasteiger partial charge on any atom is -0.376 e. The van der Waals surface area contributed by atoms with Gasteiger partial charge in [0.15, 0.2) is 0 Å². The van der Waals surface area contributed by atoms with Gasteiger partial charge in [0.25, 0.3) is 0 Å². The number of hydrogen-bond donors (Lipinski definition) is 1. The standard InChI is InChI=1S/C14H18N2O3S/c1-11(2)10-19-7-6-16-20(17,18)14-8-13(9-15)5-4-12(14)3/h4-5,8,16H,1,6-7,10H2,2-3H3. The van der Waals surface area contributed by atoms with E-state index in [4.69, 9.17) is 10.00 Å². The lowest BCUT2D eigenvalue weighted by Gasteiger charge is -2.10. The van der Waals surface area contributed by atoms with Gasteiger partial charge < -0.3 is 4.74 Å². The molecule has 1 N–H and O–H groups in total. The molecule has 0 spiro atoms. The van der Waals surface area contributed by atoms with Crippen LogP contribution in [0.4, 0.5) is 0 Å². The van der Waals surface area contributed by atoms with Crippen LogP contribution in [0.25, 0.3) is 0 Å². The Hall–Kier alpha value is -1.68. The maximum absolute atomic E-state index is 12.1. The second-order valence-corrected chi connectivity index (χ2v) is 6.23. The van der Waals surface area contributed by atoms with E-state index in [2.05, 4.69) is 11.3 Å².